The zero-order valence-electron chi connectivity index (χ0n) is 11.6. The maximum atomic E-state index is 8.82. The van der Waals surface area contributed by atoms with Crippen LogP contribution in [0.25, 0.3) is 10.9 Å². The van der Waals surface area contributed by atoms with Gasteiger partial charge in [-0.25, -0.2) is 0 Å². The second-order valence-electron chi connectivity index (χ2n) is 4.74. The van der Waals surface area contributed by atoms with E-state index in [0.717, 1.165) is 16.6 Å². The number of aromatic nitrogens is 2. The Morgan fingerprint density at radius 2 is 2.10 bits per heavy atom. The van der Waals surface area contributed by atoms with Gasteiger partial charge in [0.1, 0.15) is 18.1 Å². The van der Waals surface area contributed by atoms with E-state index in [-0.39, 0.29) is 0 Å². The number of nitrogens with zero attached hydrogens (tertiary/aromatic N) is 3. The molecule has 2 N–H and O–H groups in total. The van der Waals surface area contributed by atoms with Crippen LogP contribution in [0.15, 0.2) is 42.5 Å². The van der Waals surface area contributed by atoms with Crippen LogP contribution in [0.4, 0.5) is 5.69 Å². The molecule has 0 unspecified atom stereocenters. The summed E-state index contributed by atoms with van der Waals surface area (Å²) in [7, 11) is 1.90. The molecule has 0 saturated heterocycles. The van der Waals surface area contributed by atoms with Gasteiger partial charge in [-0.3, -0.25) is 4.68 Å². The molecule has 0 aliphatic heterocycles. The lowest BCUT2D eigenvalue weighted by molar-refractivity contribution is 0.303. The van der Waals surface area contributed by atoms with Crippen LogP contribution in [0.5, 0.6) is 5.75 Å². The summed E-state index contributed by atoms with van der Waals surface area (Å²) in [6.45, 7) is 0.331. The van der Waals surface area contributed by atoms with E-state index >= 15 is 0 Å². The standard InChI is InChI=1S/C16H14N4O/c1-20-15-5-3-2-4-12(15)14(19-20)10-21-16-7-6-11(9-17)8-13(16)18/h2-8H,10,18H2,1H3. The van der Waals surface area contributed by atoms with Gasteiger partial charge in [0.05, 0.1) is 22.8 Å². The largest absolute Gasteiger partial charge is 0.485 e. The molecule has 1 aromatic heterocycles. The van der Waals surface area contributed by atoms with Gasteiger partial charge in [-0.2, -0.15) is 10.4 Å². The first-order valence-electron chi connectivity index (χ1n) is 6.52. The minimum absolute atomic E-state index is 0.331. The summed E-state index contributed by atoms with van der Waals surface area (Å²) < 4.78 is 7.56. The summed E-state index contributed by atoms with van der Waals surface area (Å²) in [5.74, 6) is 0.559. The van der Waals surface area contributed by atoms with Crippen molar-refractivity contribution in [1.29, 1.82) is 5.26 Å². The third-order valence-corrected chi connectivity index (χ3v) is 3.34. The van der Waals surface area contributed by atoms with Crippen LogP contribution < -0.4 is 10.5 Å². The minimum Gasteiger partial charge on any atom is -0.485 e. The molecule has 0 spiro atoms. The molecule has 0 amide bonds. The number of rotatable bonds is 3. The van der Waals surface area contributed by atoms with Crippen LogP contribution in [0.2, 0.25) is 0 Å². The molecule has 0 saturated carbocycles. The van der Waals surface area contributed by atoms with E-state index in [2.05, 4.69) is 5.10 Å². The molecule has 0 bridgehead atoms. The predicted octanol–water partition coefficient (Wildman–Crippen LogP) is 2.61. The highest BCUT2D eigenvalue weighted by Gasteiger charge is 2.09. The smallest absolute Gasteiger partial charge is 0.142 e. The summed E-state index contributed by atoms with van der Waals surface area (Å²) in [4.78, 5) is 0. The van der Waals surface area contributed by atoms with Crippen molar-refractivity contribution in [2.75, 3.05) is 5.73 Å². The van der Waals surface area contributed by atoms with E-state index in [1.165, 1.54) is 0 Å². The SMILES string of the molecule is Cn1nc(COc2ccc(C#N)cc2N)c2ccccc21. The summed E-state index contributed by atoms with van der Waals surface area (Å²) in [6, 6.07) is 15.0. The molecule has 0 aliphatic carbocycles. The Bertz CT molecular complexity index is 845. The lowest BCUT2D eigenvalue weighted by Crippen LogP contribution is -2.01. The normalized spacial score (nSPS) is 10.5. The molecular weight excluding hydrogens is 264 g/mol. The lowest BCUT2D eigenvalue weighted by atomic mass is 10.2. The molecule has 0 radical (unpaired) electrons. The number of ether oxygens (including phenoxy) is 1. The van der Waals surface area contributed by atoms with Crippen molar-refractivity contribution in [2.24, 2.45) is 7.05 Å². The first-order valence-corrected chi connectivity index (χ1v) is 6.52. The average molecular weight is 278 g/mol. The third-order valence-electron chi connectivity index (χ3n) is 3.34. The van der Waals surface area contributed by atoms with Crippen molar-refractivity contribution in [1.82, 2.24) is 9.78 Å². The Morgan fingerprint density at radius 1 is 1.29 bits per heavy atom. The fourth-order valence-corrected chi connectivity index (χ4v) is 2.29. The highest BCUT2D eigenvalue weighted by atomic mass is 16.5. The predicted molar refractivity (Wildman–Crippen MR) is 80.6 cm³/mol. The number of anilines is 1. The monoisotopic (exact) mass is 278 g/mol. The molecule has 0 fully saturated rings. The summed E-state index contributed by atoms with van der Waals surface area (Å²) in [6.07, 6.45) is 0. The fraction of sp³-hybridized carbons (Fsp3) is 0.125. The zero-order chi connectivity index (χ0) is 14.8. The third kappa shape index (κ3) is 2.39. The van der Waals surface area contributed by atoms with E-state index in [0.29, 0.717) is 23.6 Å². The molecule has 3 aromatic rings. The molecule has 3 rings (SSSR count). The minimum atomic E-state index is 0.331. The summed E-state index contributed by atoms with van der Waals surface area (Å²) in [5, 5.41) is 14.4. The molecular formula is C16H14N4O. The highest BCUT2D eigenvalue weighted by molar-refractivity contribution is 5.81. The Morgan fingerprint density at radius 3 is 2.86 bits per heavy atom. The summed E-state index contributed by atoms with van der Waals surface area (Å²) >= 11 is 0. The number of nitriles is 1. The first kappa shape index (κ1) is 13.0. The van der Waals surface area contributed by atoms with E-state index in [4.69, 9.17) is 15.7 Å². The van der Waals surface area contributed by atoms with Crippen LogP contribution >= 0.6 is 0 Å². The number of hydrogen-bond donors (Lipinski definition) is 1. The van der Waals surface area contributed by atoms with Crippen molar-refractivity contribution in [3.8, 4) is 11.8 Å². The van der Waals surface area contributed by atoms with E-state index in [1.54, 1.807) is 18.2 Å². The van der Waals surface area contributed by atoms with Gasteiger partial charge in [-0.05, 0) is 24.3 Å². The van der Waals surface area contributed by atoms with Gasteiger partial charge in [0, 0.05) is 12.4 Å². The van der Waals surface area contributed by atoms with Gasteiger partial charge in [-0.15, -0.1) is 0 Å². The second kappa shape index (κ2) is 5.17. The van der Waals surface area contributed by atoms with Gasteiger partial charge in [-0.1, -0.05) is 18.2 Å². The zero-order valence-corrected chi connectivity index (χ0v) is 11.6. The van der Waals surface area contributed by atoms with Gasteiger partial charge in [0.25, 0.3) is 0 Å². The second-order valence-corrected chi connectivity index (χ2v) is 4.74. The molecule has 2 aromatic carbocycles. The van der Waals surface area contributed by atoms with Gasteiger partial charge >= 0.3 is 0 Å². The van der Waals surface area contributed by atoms with Crippen molar-refractivity contribution >= 4 is 16.6 Å². The van der Waals surface area contributed by atoms with Crippen LogP contribution in [-0.2, 0) is 13.7 Å². The Labute approximate surface area is 122 Å². The molecule has 0 aliphatic rings. The van der Waals surface area contributed by atoms with Crippen LogP contribution in [0, 0.1) is 11.3 Å². The van der Waals surface area contributed by atoms with Crippen molar-refractivity contribution in [3.05, 3.63) is 53.7 Å². The van der Waals surface area contributed by atoms with Crippen LogP contribution in [0.1, 0.15) is 11.3 Å². The quantitative estimate of drug-likeness (QED) is 0.747. The van der Waals surface area contributed by atoms with Crippen molar-refractivity contribution in [3.63, 3.8) is 0 Å². The number of nitrogen functional groups attached to an aromatic ring is 1. The number of benzene rings is 2. The number of nitrogens with two attached hydrogens (primary N) is 1. The maximum absolute atomic E-state index is 8.82. The Hall–Kier alpha value is -3.00. The molecule has 1 heterocycles. The van der Waals surface area contributed by atoms with Crippen molar-refractivity contribution in [2.45, 2.75) is 6.61 Å². The van der Waals surface area contributed by atoms with Crippen LogP contribution in [0.3, 0.4) is 0 Å². The van der Waals surface area contributed by atoms with Crippen molar-refractivity contribution < 1.29 is 4.74 Å². The van der Waals surface area contributed by atoms with E-state index < -0.39 is 0 Å². The Kier molecular flexibility index (Phi) is 3.20. The molecule has 5 heteroatoms. The maximum Gasteiger partial charge on any atom is 0.142 e. The molecule has 104 valence electrons. The number of fused-ring (bicyclic) bond motifs is 1. The molecule has 5 nitrogen and oxygen atoms in total. The highest BCUT2D eigenvalue weighted by Crippen LogP contribution is 2.24. The first-order chi connectivity index (χ1) is 10.2. The Balaban J connectivity index is 1.86. The van der Waals surface area contributed by atoms with Gasteiger partial charge < -0.3 is 10.5 Å². The fourth-order valence-electron chi connectivity index (χ4n) is 2.29. The molecule has 21 heavy (non-hydrogen) atoms. The number of para-hydroxylation sites is 1. The lowest BCUT2D eigenvalue weighted by Gasteiger charge is -2.07. The number of aryl methyl sites for hydroxylation is 1. The summed E-state index contributed by atoms with van der Waals surface area (Å²) in [5.41, 5.74) is 8.76. The van der Waals surface area contributed by atoms with E-state index in [1.807, 2.05) is 42.1 Å². The average Bonchev–Trinajstić information content (AvgIpc) is 2.83. The van der Waals surface area contributed by atoms with Crippen LogP contribution in [-0.4, -0.2) is 9.78 Å². The molecule has 0 atom stereocenters. The van der Waals surface area contributed by atoms with E-state index in [9.17, 15) is 0 Å². The van der Waals surface area contributed by atoms with Gasteiger partial charge in [0.15, 0.2) is 0 Å². The topological polar surface area (TPSA) is 76.9 Å². The number of hydrogen-bond acceptors (Lipinski definition) is 4. The van der Waals surface area contributed by atoms with Gasteiger partial charge in [0.2, 0.25) is 0 Å².